The molecule has 1 saturated heterocycles. The Balaban J connectivity index is 1.66. The maximum atomic E-state index is 13.5. The standard InChI is InChI=1S/C29H29N3O4S/c1-5-6-7-20-8-12-24(13-9-20)32-27(34)25(26(33)30-29(32)37)17-22-16-18(2)31(19(22)3)23-14-10-21(11-15-23)28(35)36-4/h8-17H,5-7H2,1-4H3,(H,30,33,37)/b25-17-. The van der Waals surface area contributed by atoms with Crippen molar-refractivity contribution in [1.82, 2.24) is 9.88 Å². The van der Waals surface area contributed by atoms with E-state index >= 15 is 0 Å². The molecule has 1 fully saturated rings. The zero-order valence-corrected chi connectivity index (χ0v) is 22.1. The number of carbonyl (C=O) groups is 3. The van der Waals surface area contributed by atoms with Gasteiger partial charge in [-0.2, -0.15) is 0 Å². The Kier molecular flexibility index (Phi) is 7.69. The van der Waals surface area contributed by atoms with E-state index in [9.17, 15) is 14.4 Å². The minimum absolute atomic E-state index is 0.00458. The number of thiocarbonyl (C=S) groups is 1. The van der Waals surface area contributed by atoms with Crippen LogP contribution in [0.15, 0.2) is 60.2 Å². The van der Waals surface area contributed by atoms with Gasteiger partial charge in [0.1, 0.15) is 5.57 Å². The van der Waals surface area contributed by atoms with Crippen LogP contribution in [0.2, 0.25) is 0 Å². The summed E-state index contributed by atoms with van der Waals surface area (Å²) in [7, 11) is 1.34. The number of aryl methyl sites for hydroxylation is 2. The van der Waals surface area contributed by atoms with Gasteiger partial charge in [0.25, 0.3) is 11.8 Å². The van der Waals surface area contributed by atoms with Crippen LogP contribution in [0, 0.1) is 13.8 Å². The Morgan fingerprint density at radius 2 is 1.68 bits per heavy atom. The van der Waals surface area contributed by atoms with E-state index < -0.39 is 17.8 Å². The van der Waals surface area contributed by atoms with E-state index in [-0.39, 0.29) is 10.7 Å². The number of methoxy groups -OCH3 is 1. The summed E-state index contributed by atoms with van der Waals surface area (Å²) in [5.41, 5.74) is 5.59. The number of ether oxygens (including phenoxy) is 1. The van der Waals surface area contributed by atoms with E-state index in [1.807, 2.05) is 60.9 Å². The monoisotopic (exact) mass is 515 g/mol. The molecule has 0 spiro atoms. The van der Waals surface area contributed by atoms with E-state index in [0.717, 1.165) is 41.9 Å². The first-order valence-corrected chi connectivity index (χ1v) is 12.5. The van der Waals surface area contributed by atoms with E-state index in [1.165, 1.54) is 17.6 Å². The molecular weight excluding hydrogens is 486 g/mol. The number of unbranched alkanes of at least 4 members (excludes halogenated alkanes) is 1. The predicted octanol–water partition coefficient (Wildman–Crippen LogP) is 5.05. The van der Waals surface area contributed by atoms with Crippen LogP contribution in [-0.4, -0.2) is 34.6 Å². The summed E-state index contributed by atoms with van der Waals surface area (Å²) in [5, 5.41) is 2.71. The predicted molar refractivity (Wildman–Crippen MR) is 148 cm³/mol. The molecule has 7 nitrogen and oxygen atoms in total. The Morgan fingerprint density at radius 3 is 2.30 bits per heavy atom. The number of esters is 1. The van der Waals surface area contributed by atoms with Crippen LogP contribution in [0.4, 0.5) is 5.69 Å². The summed E-state index contributed by atoms with van der Waals surface area (Å²) >= 11 is 5.34. The average Bonchev–Trinajstić information content (AvgIpc) is 3.17. The molecule has 2 amide bonds. The van der Waals surface area contributed by atoms with Crippen LogP contribution in [0.5, 0.6) is 0 Å². The number of amides is 2. The zero-order valence-electron chi connectivity index (χ0n) is 21.3. The first-order valence-electron chi connectivity index (χ1n) is 12.1. The van der Waals surface area contributed by atoms with Crippen molar-refractivity contribution in [2.75, 3.05) is 12.0 Å². The number of anilines is 1. The van der Waals surface area contributed by atoms with Gasteiger partial charge in [0.15, 0.2) is 5.11 Å². The Bertz CT molecular complexity index is 1400. The molecular formula is C29H29N3O4S. The van der Waals surface area contributed by atoms with Crippen LogP contribution in [0.25, 0.3) is 11.8 Å². The second kappa shape index (κ2) is 10.9. The Labute approximate surface area is 221 Å². The lowest BCUT2D eigenvalue weighted by atomic mass is 10.1. The highest BCUT2D eigenvalue weighted by Gasteiger charge is 2.34. The van der Waals surface area contributed by atoms with Gasteiger partial charge in [-0.3, -0.25) is 19.8 Å². The lowest BCUT2D eigenvalue weighted by Gasteiger charge is -2.29. The lowest BCUT2D eigenvalue weighted by molar-refractivity contribution is -0.122. The number of hydrogen-bond donors (Lipinski definition) is 1. The summed E-state index contributed by atoms with van der Waals surface area (Å²) < 4.78 is 6.77. The molecule has 0 atom stereocenters. The quantitative estimate of drug-likeness (QED) is 0.206. The van der Waals surface area contributed by atoms with Crippen LogP contribution >= 0.6 is 12.2 Å². The van der Waals surface area contributed by atoms with Gasteiger partial charge in [-0.1, -0.05) is 25.5 Å². The molecule has 0 aliphatic carbocycles. The second-order valence-electron chi connectivity index (χ2n) is 8.93. The van der Waals surface area contributed by atoms with Crippen molar-refractivity contribution >= 4 is 46.9 Å². The number of carbonyl (C=O) groups excluding carboxylic acids is 3. The normalized spacial score (nSPS) is 14.8. The molecule has 1 aromatic heterocycles. The molecule has 4 rings (SSSR count). The highest BCUT2D eigenvalue weighted by molar-refractivity contribution is 7.80. The minimum Gasteiger partial charge on any atom is -0.465 e. The van der Waals surface area contributed by atoms with Crippen molar-refractivity contribution in [3.63, 3.8) is 0 Å². The third-order valence-corrected chi connectivity index (χ3v) is 6.72. The number of nitrogens with one attached hydrogen (secondary N) is 1. The second-order valence-corrected chi connectivity index (χ2v) is 9.31. The molecule has 0 unspecified atom stereocenters. The molecule has 3 aromatic rings. The van der Waals surface area contributed by atoms with Gasteiger partial charge < -0.3 is 9.30 Å². The maximum Gasteiger partial charge on any atom is 0.337 e. The van der Waals surface area contributed by atoms with E-state index in [1.54, 1.807) is 18.2 Å². The van der Waals surface area contributed by atoms with Crippen LogP contribution in [0.1, 0.15) is 52.6 Å². The van der Waals surface area contributed by atoms with E-state index in [0.29, 0.717) is 11.3 Å². The molecule has 2 heterocycles. The first kappa shape index (κ1) is 26.0. The third kappa shape index (κ3) is 5.24. The summed E-state index contributed by atoms with van der Waals surface area (Å²) in [6.45, 7) is 6.00. The number of aromatic nitrogens is 1. The lowest BCUT2D eigenvalue weighted by Crippen LogP contribution is -2.54. The molecule has 37 heavy (non-hydrogen) atoms. The SMILES string of the molecule is CCCCc1ccc(N2C(=O)/C(=C\c3cc(C)n(-c4ccc(C(=O)OC)cc4)c3C)C(=O)NC2=S)cc1. The fraction of sp³-hybridized carbons (Fsp3) is 0.241. The van der Waals surface area contributed by atoms with E-state index in [2.05, 4.69) is 12.2 Å². The van der Waals surface area contributed by atoms with Crippen molar-refractivity contribution in [2.45, 2.75) is 40.0 Å². The van der Waals surface area contributed by atoms with Gasteiger partial charge in [-0.15, -0.1) is 0 Å². The average molecular weight is 516 g/mol. The number of nitrogens with zero attached hydrogens (tertiary/aromatic N) is 2. The smallest absolute Gasteiger partial charge is 0.337 e. The molecule has 2 aromatic carbocycles. The van der Waals surface area contributed by atoms with Crippen molar-refractivity contribution < 1.29 is 19.1 Å². The van der Waals surface area contributed by atoms with Gasteiger partial charge in [0.05, 0.1) is 18.4 Å². The summed E-state index contributed by atoms with van der Waals surface area (Å²) in [6.07, 6.45) is 4.77. The fourth-order valence-corrected chi connectivity index (χ4v) is 4.72. The molecule has 0 bridgehead atoms. The summed E-state index contributed by atoms with van der Waals surface area (Å²) in [5.74, 6) is -1.40. The van der Waals surface area contributed by atoms with Gasteiger partial charge in [0.2, 0.25) is 0 Å². The van der Waals surface area contributed by atoms with Gasteiger partial charge in [-0.05, 0) is 98.6 Å². The van der Waals surface area contributed by atoms with Crippen LogP contribution in [-0.2, 0) is 20.7 Å². The zero-order chi connectivity index (χ0) is 26.7. The Hall–Kier alpha value is -4.04. The van der Waals surface area contributed by atoms with Crippen molar-refractivity contribution in [2.24, 2.45) is 0 Å². The number of benzene rings is 2. The van der Waals surface area contributed by atoms with Crippen molar-refractivity contribution in [3.8, 4) is 5.69 Å². The van der Waals surface area contributed by atoms with Crippen LogP contribution < -0.4 is 10.2 Å². The molecule has 190 valence electrons. The highest BCUT2D eigenvalue weighted by Crippen LogP contribution is 2.27. The minimum atomic E-state index is -0.530. The van der Waals surface area contributed by atoms with E-state index in [4.69, 9.17) is 17.0 Å². The highest BCUT2D eigenvalue weighted by atomic mass is 32.1. The molecule has 1 aliphatic rings. The summed E-state index contributed by atoms with van der Waals surface area (Å²) in [6, 6.07) is 16.6. The number of hydrogen-bond acceptors (Lipinski definition) is 5. The molecule has 1 N–H and O–H groups in total. The van der Waals surface area contributed by atoms with Gasteiger partial charge in [-0.25, -0.2) is 4.79 Å². The summed E-state index contributed by atoms with van der Waals surface area (Å²) in [4.78, 5) is 39.4. The molecule has 1 aliphatic heterocycles. The maximum absolute atomic E-state index is 13.5. The molecule has 8 heteroatoms. The molecule has 0 saturated carbocycles. The Morgan fingerprint density at radius 1 is 1.03 bits per heavy atom. The first-order chi connectivity index (χ1) is 17.7. The molecule has 0 radical (unpaired) electrons. The largest absolute Gasteiger partial charge is 0.465 e. The van der Waals surface area contributed by atoms with Gasteiger partial charge in [0, 0.05) is 17.1 Å². The van der Waals surface area contributed by atoms with Crippen molar-refractivity contribution in [1.29, 1.82) is 0 Å². The fourth-order valence-electron chi connectivity index (χ4n) is 4.44. The van der Waals surface area contributed by atoms with Crippen LogP contribution in [0.3, 0.4) is 0 Å². The third-order valence-electron chi connectivity index (χ3n) is 6.43. The van der Waals surface area contributed by atoms with Gasteiger partial charge >= 0.3 is 5.97 Å². The van der Waals surface area contributed by atoms with Crippen molar-refractivity contribution in [3.05, 3.63) is 88.2 Å². The number of rotatable bonds is 7. The topological polar surface area (TPSA) is 80.6 Å².